The van der Waals surface area contributed by atoms with Gasteiger partial charge in [0, 0.05) is 6.42 Å². The van der Waals surface area contributed by atoms with Gasteiger partial charge in [-0.2, -0.15) is 8.78 Å². The van der Waals surface area contributed by atoms with Crippen LogP contribution in [-0.2, 0) is 10.8 Å². The summed E-state index contributed by atoms with van der Waals surface area (Å²) in [6.07, 6.45) is -2.05. The molecule has 0 heterocycles. The fourth-order valence-electron chi connectivity index (χ4n) is 3.45. The highest BCUT2D eigenvalue weighted by Gasteiger charge is 2.41. The van der Waals surface area contributed by atoms with Crippen molar-refractivity contribution in [2.45, 2.75) is 58.7 Å². The van der Waals surface area contributed by atoms with Crippen molar-refractivity contribution < 1.29 is 36.2 Å². The minimum absolute atomic E-state index is 0.0278. The molecule has 0 aliphatic heterocycles. The van der Waals surface area contributed by atoms with Crippen molar-refractivity contribution in [3.05, 3.63) is 82.9 Å². The first-order valence-electron chi connectivity index (χ1n) is 11.4. The first-order valence-corrected chi connectivity index (χ1v) is 11.4. The van der Waals surface area contributed by atoms with Crippen LogP contribution in [0.2, 0.25) is 0 Å². The summed E-state index contributed by atoms with van der Waals surface area (Å²) in [4.78, 5) is 0. The molecule has 2 rings (SSSR count). The van der Waals surface area contributed by atoms with E-state index in [0.717, 1.165) is 24.6 Å². The second-order valence-electron chi connectivity index (χ2n) is 8.61. The van der Waals surface area contributed by atoms with Crippen LogP contribution in [0.25, 0.3) is 11.1 Å². The minimum atomic E-state index is -4.39. The van der Waals surface area contributed by atoms with Crippen LogP contribution >= 0.6 is 0 Å². The Labute approximate surface area is 201 Å². The molecule has 2 aromatic carbocycles. The second-order valence-corrected chi connectivity index (χ2v) is 8.61. The van der Waals surface area contributed by atoms with Crippen LogP contribution < -0.4 is 0 Å². The van der Waals surface area contributed by atoms with Crippen LogP contribution in [0.5, 0.6) is 0 Å². The lowest BCUT2D eigenvalue weighted by Gasteiger charge is -2.21. The molecule has 1 N–H and O–H groups in total. The van der Waals surface area contributed by atoms with Gasteiger partial charge in [0.25, 0.3) is 0 Å². The van der Waals surface area contributed by atoms with E-state index in [1.807, 2.05) is 13.8 Å². The Kier molecular flexibility index (Phi) is 10.4. The highest BCUT2D eigenvalue weighted by molar-refractivity contribution is 5.64. The molecular formula is C27H30F6O2. The third-order valence-corrected chi connectivity index (χ3v) is 5.32. The lowest BCUT2D eigenvalue weighted by molar-refractivity contribution is -0.228. The van der Waals surface area contributed by atoms with Crippen molar-refractivity contribution in [2.75, 3.05) is 6.67 Å². The molecular weight excluding hydrogens is 470 g/mol. The molecule has 8 heteroatoms. The van der Waals surface area contributed by atoms with Crippen molar-refractivity contribution >= 4 is 0 Å². The van der Waals surface area contributed by atoms with Crippen molar-refractivity contribution in [3.63, 3.8) is 0 Å². The Balaban J connectivity index is 2.27. The number of allylic oxidation sites excluding steroid dienone is 3. The van der Waals surface area contributed by atoms with Crippen molar-refractivity contribution in [1.29, 1.82) is 0 Å². The van der Waals surface area contributed by atoms with Crippen molar-refractivity contribution in [2.24, 2.45) is 5.92 Å². The first kappa shape index (κ1) is 28.5. The molecule has 2 nitrogen and oxygen atoms in total. The summed E-state index contributed by atoms with van der Waals surface area (Å²) >= 11 is 0. The monoisotopic (exact) mass is 500 g/mol. The van der Waals surface area contributed by atoms with E-state index in [2.05, 4.69) is 4.74 Å². The average molecular weight is 501 g/mol. The zero-order valence-electron chi connectivity index (χ0n) is 19.9. The molecule has 0 saturated heterocycles. The molecule has 1 unspecified atom stereocenters. The van der Waals surface area contributed by atoms with Gasteiger partial charge in [0.1, 0.15) is 35.5 Å². The third kappa shape index (κ3) is 8.16. The maximum atomic E-state index is 14.7. The molecule has 35 heavy (non-hydrogen) atoms. The summed E-state index contributed by atoms with van der Waals surface area (Å²) < 4.78 is 88.7. The maximum Gasteiger partial charge on any atom is 0.432 e. The number of ether oxygens (including phenoxy) is 1. The van der Waals surface area contributed by atoms with E-state index in [4.69, 9.17) is 0 Å². The predicted molar refractivity (Wildman–Crippen MR) is 124 cm³/mol. The number of aliphatic hydroxyl groups is 1. The zero-order chi connectivity index (χ0) is 26.2. The van der Waals surface area contributed by atoms with E-state index in [-0.39, 0.29) is 12.0 Å². The summed E-state index contributed by atoms with van der Waals surface area (Å²) in [7, 11) is 0. The molecule has 0 radical (unpaired) electrons. The number of alkyl halides is 3. The maximum absolute atomic E-state index is 14.7. The van der Waals surface area contributed by atoms with Crippen LogP contribution in [0.3, 0.4) is 0 Å². The molecule has 0 saturated carbocycles. The van der Waals surface area contributed by atoms with Crippen molar-refractivity contribution in [3.8, 4) is 11.1 Å². The largest absolute Gasteiger partial charge is 0.433 e. The van der Waals surface area contributed by atoms with Gasteiger partial charge in [0.15, 0.2) is 0 Å². The normalized spacial score (nSPS) is 13.9. The Morgan fingerprint density at radius 2 is 1.60 bits per heavy atom. The van der Waals surface area contributed by atoms with Gasteiger partial charge in [-0.3, -0.25) is 0 Å². The van der Waals surface area contributed by atoms with Crippen LogP contribution in [0.15, 0.2) is 60.1 Å². The molecule has 0 fully saturated rings. The summed E-state index contributed by atoms with van der Waals surface area (Å²) in [5, 5.41) is 10.3. The average Bonchev–Trinajstić information content (AvgIpc) is 2.80. The van der Waals surface area contributed by atoms with Crippen molar-refractivity contribution in [1.82, 2.24) is 0 Å². The van der Waals surface area contributed by atoms with Gasteiger partial charge in [-0.05, 0) is 66.2 Å². The summed E-state index contributed by atoms with van der Waals surface area (Å²) in [5.41, 5.74) is -0.545. The van der Waals surface area contributed by atoms with Crippen LogP contribution in [0, 0.1) is 17.6 Å². The molecule has 0 aliphatic rings. The Bertz CT molecular complexity index is 1010. The Morgan fingerprint density at radius 1 is 1.00 bits per heavy atom. The topological polar surface area (TPSA) is 29.5 Å². The molecule has 0 bridgehead atoms. The van der Waals surface area contributed by atoms with E-state index in [1.54, 1.807) is 31.2 Å². The molecule has 1 atom stereocenters. The number of halogens is 6. The van der Waals surface area contributed by atoms with Crippen LogP contribution in [0.1, 0.15) is 63.7 Å². The van der Waals surface area contributed by atoms with E-state index >= 15 is 0 Å². The van der Waals surface area contributed by atoms with Gasteiger partial charge in [-0.25, -0.2) is 17.6 Å². The summed E-state index contributed by atoms with van der Waals surface area (Å²) in [6, 6.07) is 7.87. The van der Waals surface area contributed by atoms with Gasteiger partial charge in [0.05, 0.1) is 6.10 Å². The molecule has 0 aliphatic carbocycles. The van der Waals surface area contributed by atoms with Gasteiger partial charge in [0.2, 0.25) is 0 Å². The third-order valence-electron chi connectivity index (χ3n) is 5.32. The summed E-state index contributed by atoms with van der Waals surface area (Å²) in [5.74, 6) is -4.23. The lowest BCUT2D eigenvalue weighted by atomic mass is 9.97. The number of rotatable bonds is 12. The number of aliphatic hydroxyl groups excluding tert-OH is 1. The van der Waals surface area contributed by atoms with E-state index in [1.165, 1.54) is 6.08 Å². The number of hydrogen-bond acceptors (Lipinski definition) is 2. The fraction of sp³-hybridized carbons (Fsp3) is 0.407. The van der Waals surface area contributed by atoms with Crippen LogP contribution in [-0.4, -0.2) is 11.8 Å². The van der Waals surface area contributed by atoms with Gasteiger partial charge in [-0.15, -0.1) is 0 Å². The Hall–Kier alpha value is -2.74. The second kappa shape index (κ2) is 12.8. The standard InChI is InChI=1S/C27H30F6O2/c1-4-5-22(12-11-21(29)16-28)35-27(32,33)26-23(30)14-20(15-24(26)31)18-7-9-19(10-8-18)25(34)13-6-17(2)3/h5,7-11,14-15,17,25,34H,4,6,12-13,16H2,1-3H3/b21-11+,22-5+. The number of benzene rings is 2. The summed E-state index contributed by atoms with van der Waals surface area (Å²) in [6.45, 7) is 4.28. The highest BCUT2D eigenvalue weighted by Crippen LogP contribution is 2.38. The molecule has 0 aromatic heterocycles. The minimum Gasteiger partial charge on any atom is -0.433 e. The van der Waals surface area contributed by atoms with Gasteiger partial charge < -0.3 is 9.84 Å². The first-order chi connectivity index (χ1) is 16.5. The molecule has 0 spiro atoms. The SMILES string of the molecule is CC/C=C(\C/C=C(/F)CF)OC(F)(F)c1c(F)cc(-c2ccc(C(O)CCC(C)C)cc2)cc1F. The lowest BCUT2D eigenvalue weighted by Crippen LogP contribution is -2.22. The Morgan fingerprint density at radius 3 is 2.11 bits per heavy atom. The zero-order valence-corrected chi connectivity index (χ0v) is 19.9. The van der Waals surface area contributed by atoms with Gasteiger partial charge in [-0.1, -0.05) is 45.0 Å². The molecule has 2 aromatic rings. The van der Waals surface area contributed by atoms with E-state index in [9.17, 15) is 31.4 Å². The highest BCUT2D eigenvalue weighted by atomic mass is 19.3. The van der Waals surface area contributed by atoms with E-state index in [0.29, 0.717) is 23.5 Å². The predicted octanol–water partition coefficient (Wildman–Crippen LogP) is 8.67. The molecule has 0 amide bonds. The quantitative estimate of drug-likeness (QED) is 0.233. The smallest absolute Gasteiger partial charge is 0.432 e. The van der Waals surface area contributed by atoms with Gasteiger partial charge >= 0.3 is 6.11 Å². The van der Waals surface area contributed by atoms with E-state index < -0.39 is 54.1 Å². The number of hydrogen-bond donors (Lipinski definition) is 1. The fourth-order valence-corrected chi connectivity index (χ4v) is 3.45. The van der Waals surface area contributed by atoms with Crippen LogP contribution in [0.4, 0.5) is 26.3 Å². The molecule has 192 valence electrons.